The van der Waals surface area contributed by atoms with Crippen LogP contribution in [0, 0.1) is 5.92 Å². The van der Waals surface area contributed by atoms with Crippen LogP contribution in [0.3, 0.4) is 0 Å². The first-order chi connectivity index (χ1) is 23.0. The summed E-state index contributed by atoms with van der Waals surface area (Å²) in [5, 5.41) is 0. The summed E-state index contributed by atoms with van der Waals surface area (Å²) in [6.45, 7) is 4.42. The van der Waals surface area contributed by atoms with Gasteiger partial charge in [0, 0.05) is 10.8 Å². The molecule has 0 amide bonds. The normalized spacial score (nSPS) is 15.9. The molecule has 2 atom stereocenters. The highest BCUT2D eigenvalue weighted by molar-refractivity contribution is 5.89. The number of hydrogen-bond acceptors (Lipinski definition) is 2. The molecule has 0 spiro atoms. The van der Waals surface area contributed by atoms with E-state index in [1.54, 1.807) is 0 Å². The molecule has 0 aromatic heterocycles. The zero-order chi connectivity index (χ0) is 32.0. The van der Waals surface area contributed by atoms with Crippen molar-refractivity contribution >= 4 is 5.97 Å². The molecule has 2 aliphatic carbocycles. The van der Waals surface area contributed by atoms with Gasteiger partial charge in [0.25, 0.3) is 0 Å². The van der Waals surface area contributed by atoms with Crippen molar-refractivity contribution < 1.29 is 9.53 Å². The van der Waals surface area contributed by atoms with E-state index in [1.807, 2.05) is 30.3 Å². The van der Waals surface area contributed by atoms with Crippen LogP contribution in [-0.2, 0) is 15.6 Å². The third-order valence-electron chi connectivity index (χ3n) is 10.8. The van der Waals surface area contributed by atoms with Gasteiger partial charge in [0.2, 0.25) is 0 Å². The van der Waals surface area contributed by atoms with Crippen molar-refractivity contribution in [2.24, 2.45) is 5.92 Å². The van der Waals surface area contributed by atoms with E-state index in [0.29, 0.717) is 12.2 Å². The van der Waals surface area contributed by atoms with Crippen molar-refractivity contribution in [1.82, 2.24) is 0 Å². The molecule has 6 aromatic rings. The summed E-state index contributed by atoms with van der Waals surface area (Å²) in [6.07, 6.45) is 1.46. The van der Waals surface area contributed by atoms with Crippen LogP contribution in [0.25, 0.3) is 22.3 Å². The molecule has 47 heavy (non-hydrogen) atoms. The molecule has 6 aromatic carbocycles. The highest BCUT2D eigenvalue weighted by Crippen LogP contribution is 2.69. The number of esters is 1. The zero-order valence-electron chi connectivity index (χ0n) is 26.9. The van der Waals surface area contributed by atoms with Gasteiger partial charge >= 0.3 is 5.97 Å². The molecule has 0 bridgehead atoms. The Morgan fingerprint density at radius 2 is 0.851 bits per heavy atom. The van der Waals surface area contributed by atoms with E-state index in [-0.39, 0.29) is 11.9 Å². The van der Waals surface area contributed by atoms with Gasteiger partial charge in [-0.05, 0) is 81.0 Å². The lowest BCUT2D eigenvalue weighted by Gasteiger charge is -2.52. The predicted molar refractivity (Wildman–Crippen MR) is 191 cm³/mol. The maximum Gasteiger partial charge on any atom is 0.314 e. The van der Waals surface area contributed by atoms with E-state index in [2.05, 4.69) is 141 Å². The van der Waals surface area contributed by atoms with E-state index in [9.17, 15) is 4.79 Å². The topological polar surface area (TPSA) is 26.3 Å². The Morgan fingerprint density at radius 1 is 0.489 bits per heavy atom. The van der Waals surface area contributed by atoms with Crippen molar-refractivity contribution in [3.05, 3.63) is 186 Å². The Labute approximate surface area is 277 Å². The van der Waals surface area contributed by atoms with Crippen molar-refractivity contribution in [3.8, 4) is 28.0 Å². The minimum absolute atomic E-state index is 0.205. The summed E-state index contributed by atoms with van der Waals surface area (Å²) in [7, 11) is 0. The molecule has 0 saturated heterocycles. The first-order valence-electron chi connectivity index (χ1n) is 16.7. The Hall–Kier alpha value is -5.21. The number of ether oxygens (including phenoxy) is 1. The van der Waals surface area contributed by atoms with E-state index >= 15 is 0 Å². The molecule has 0 N–H and O–H groups in total. The molecule has 2 unspecified atom stereocenters. The number of fused-ring (bicyclic) bond motifs is 6. The van der Waals surface area contributed by atoms with Crippen molar-refractivity contribution in [1.29, 1.82) is 0 Å². The molecule has 0 saturated carbocycles. The maximum atomic E-state index is 14.1. The molecule has 8 rings (SSSR count). The average Bonchev–Trinajstić information content (AvgIpc) is 3.58. The van der Waals surface area contributed by atoms with E-state index in [4.69, 9.17) is 4.74 Å². The quantitative estimate of drug-likeness (QED) is 0.127. The van der Waals surface area contributed by atoms with Crippen LogP contribution in [0.2, 0.25) is 0 Å². The van der Waals surface area contributed by atoms with Gasteiger partial charge in [-0.2, -0.15) is 0 Å². The van der Waals surface area contributed by atoms with E-state index in [0.717, 1.165) is 6.42 Å². The van der Waals surface area contributed by atoms with Crippen molar-refractivity contribution in [2.45, 2.75) is 43.4 Å². The number of para-hydroxylation sites is 1. The van der Waals surface area contributed by atoms with E-state index < -0.39 is 16.7 Å². The summed E-state index contributed by atoms with van der Waals surface area (Å²) < 4.78 is 6.05. The molecule has 0 aliphatic heterocycles. The van der Waals surface area contributed by atoms with Crippen LogP contribution in [-0.4, -0.2) is 5.97 Å². The second kappa shape index (κ2) is 11.5. The summed E-state index contributed by atoms with van der Waals surface area (Å²) in [6, 6.07) is 56.2. The fourth-order valence-electron chi connectivity index (χ4n) is 8.97. The SMILES string of the molecule is CC(CC1(C2(CC(C)c3ccccc3)c3ccccc3-c3ccccc32)c2ccccc2-c2ccccc21)C(=O)Oc1ccccc1. The fourth-order valence-corrected chi connectivity index (χ4v) is 8.97. The second-order valence-corrected chi connectivity index (χ2v) is 13.3. The summed E-state index contributed by atoms with van der Waals surface area (Å²) >= 11 is 0. The highest BCUT2D eigenvalue weighted by Gasteiger charge is 2.63. The number of hydrogen-bond donors (Lipinski definition) is 0. The lowest BCUT2D eigenvalue weighted by Crippen LogP contribution is -2.51. The minimum Gasteiger partial charge on any atom is -0.426 e. The molecule has 2 nitrogen and oxygen atoms in total. The van der Waals surface area contributed by atoms with Crippen molar-refractivity contribution in [3.63, 3.8) is 0 Å². The summed E-state index contributed by atoms with van der Waals surface area (Å²) in [5.74, 6) is 0.217. The lowest BCUT2D eigenvalue weighted by atomic mass is 9.49. The molecular formula is C45H38O2. The number of carbonyl (C=O) groups is 1. The van der Waals surface area contributed by atoms with Crippen molar-refractivity contribution in [2.75, 3.05) is 0 Å². The van der Waals surface area contributed by atoms with Gasteiger partial charge in [-0.25, -0.2) is 0 Å². The Morgan fingerprint density at radius 3 is 1.30 bits per heavy atom. The smallest absolute Gasteiger partial charge is 0.314 e. The second-order valence-electron chi connectivity index (χ2n) is 13.3. The molecule has 2 aliphatic rings. The van der Waals surface area contributed by atoms with Crippen LogP contribution in [0.4, 0.5) is 0 Å². The third kappa shape index (κ3) is 4.42. The molecule has 0 radical (unpaired) electrons. The number of benzene rings is 6. The molecular weight excluding hydrogens is 572 g/mol. The van der Waals surface area contributed by atoms with Gasteiger partial charge in [-0.15, -0.1) is 0 Å². The van der Waals surface area contributed by atoms with E-state index in [1.165, 1.54) is 50.1 Å². The molecule has 2 heteroatoms. The Bertz CT molecular complexity index is 1990. The summed E-state index contributed by atoms with van der Waals surface area (Å²) in [5.41, 5.74) is 10.6. The van der Waals surface area contributed by atoms with Crippen LogP contribution in [0.1, 0.15) is 60.4 Å². The fraction of sp³-hybridized carbons (Fsp3) is 0.178. The molecule has 0 heterocycles. The average molecular weight is 611 g/mol. The van der Waals surface area contributed by atoms with Crippen LogP contribution in [0.5, 0.6) is 5.75 Å². The maximum absolute atomic E-state index is 14.1. The Balaban J connectivity index is 1.43. The highest BCUT2D eigenvalue weighted by atomic mass is 16.5. The predicted octanol–water partition coefficient (Wildman–Crippen LogP) is 10.7. The van der Waals surface area contributed by atoms with Gasteiger partial charge in [0.1, 0.15) is 5.75 Å². The lowest BCUT2D eigenvalue weighted by molar-refractivity contribution is -0.139. The largest absolute Gasteiger partial charge is 0.426 e. The summed E-state index contributed by atoms with van der Waals surface area (Å²) in [4.78, 5) is 14.1. The van der Waals surface area contributed by atoms with Gasteiger partial charge < -0.3 is 4.74 Å². The first kappa shape index (κ1) is 29.2. The number of carbonyl (C=O) groups excluding carboxylic acids is 1. The van der Waals surface area contributed by atoms with Crippen LogP contribution >= 0.6 is 0 Å². The molecule has 230 valence electrons. The van der Waals surface area contributed by atoms with Gasteiger partial charge in [-0.3, -0.25) is 4.79 Å². The number of rotatable bonds is 8. The minimum atomic E-state index is -0.568. The van der Waals surface area contributed by atoms with Gasteiger partial charge in [-0.1, -0.05) is 159 Å². The van der Waals surface area contributed by atoms with Crippen LogP contribution in [0.15, 0.2) is 158 Å². The first-order valence-corrected chi connectivity index (χ1v) is 16.7. The molecule has 0 fully saturated rings. The monoisotopic (exact) mass is 610 g/mol. The van der Waals surface area contributed by atoms with Gasteiger partial charge in [0.05, 0.1) is 5.92 Å². The van der Waals surface area contributed by atoms with Crippen LogP contribution < -0.4 is 4.74 Å². The van der Waals surface area contributed by atoms with Gasteiger partial charge in [0.15, 0.2) is 0 Å². The zero-order valence-corrected chi connectivity index (χ0v) is 26.9. The Kier molecular flexibility index (Phi) is 7.18. The standard InChI is InChI=1S/C45H38O2/c1-31(33-17-5-3-6-18-33)29-44(39-25-13-9-21-35(39)36-22-10-14-26-40(36)44)45(30-32(2)43(46)47-34-19-7-4-8-20-34)41-27-15-11-23-37(41)38-24-12-16-28-42(38)45/h3-28,31-32H,29-30H2,1-2H3. The third-order valence-corrected chi connectivity index (χ3v) is 10.8.